The Morgan fingerprint density at radius 1 is 1.05 bits per heavy atom. The fraction of sp³-hybridized carbons (Fsp3) is 0.250. The molecule has 0 amide bonds. The van der Waals surface area contributed by atoms with Crippen molar-refractivity contribution in [2.75, 3.05) is 0 Å². The Hall–Kier alpha value is -1.06. The summed E-state index contributed by atoms with van der Waals surface area (Å²) >= 11 is 12.2. The summed E-state index contributed by atoms with van der Waals surface area (Å²) in [7, 11) is 0. The summed E-state index contributed by atoms with van der Waals surface area (Å²) in [4.78, 5) is 0. The Balaban J connectivity index is 1.82. The third kappa shape index (κ3) is 2.84. The van der Waals surface area contributed by atoms with E-state index in [1.54, 1.807) is 6.07 Å². The molecule has 2 nitrogen and oxygen atoms in total. The molecule has 3 rings (SSSR count). The highest BCUT2D eigenvalue weighted by molar-refractivity contribution is 6.33. The molecule has 0 aliphatic carbocycles. The molecule has 0 radical (unpaired) electrons. The maximum absolute atomic E-state index is 6.30. The Kier molecular flexibility index (Phi) is 3.99. The molecule has 104 valence electrons. The number of benzene rings is 2. The van der Waals surface area contributed by atoms with Crippen LogP contribution >= 0.6 is 23.2 Å². The van der Waals surface area contributed by atoms with Gasteiger partial charge in [0.2, 0.25) is 0 Å². The molecule has 2 aromatic rings. The largest absolute Gasteiger partial charge is 0.372 e. The van der Waals surface area contributed by atoms with Crippen LogP contribution in [-0.4, -0.2) is 0 Å². The van der Waals surface area contributed by atoms with Crippen LogP contribution < -0.4 is 5.73 Å². The Morgan fingerprint density at radius 3 is 2.70 bits per heavy atom. The minimum atomic E-state index is -0.100. The number of rotatable bonds is 3. The van der Waals surface area contributed by atoms with Gasteiger partial charge in [-0.2, -0.15) is 0 Å². The van der Waals surface area contributed by atoms with Gasteiger partial charge in [-0.25, -0.2) is 0 Å². The zero-order valence-electron chi connectivity index (χ0n) is 10.9. The van der Waals surface area contributed by atoms with E-state index in [2.05, 4.69) is 18.2 Å². The van der Waals surface area contributed by atoms with Gasteiger partial charge in [0, 0.05) is 16.1 Å². The van der Waals surface area contributed by atoms with Crippen molar-refractivity contribution in [3.63, 3.8) is 0 Å². The first-order chi connectivity index (χ1) is 9.63. The standard InChI is InChI=1S/C16H15Cl2NO/c17-14-3-4-15(18)12(6-14)7-16(19)10-1-2-11-8-20-9-13(11)5-10/h1-6,16H,7-9,19H2. The van der Waals surface area contributed by atoms with Gasteiger partial charge in [-0.05, 0) is 46.9 Å². The first kappa shape index (κ1) is 13.9. The number of halogens is 2. The first-order valence-electron chi connectivity index (χ1n) is 6.52. The van der Waals surface area contributed by atoms with Crippen LogP contribution in [0.1, 0.15) is 28.3 Å². The number of fused-ring (bicyclic) bond motifs is 1. The normalized spacial score (nSPS) is 15.2. The molecule has 1 unspecified atom stereocenters. The van der Waals surface area contributed by atoms with Crippen LogP contribution in [0.4, 0.5) is 0 Å². The maximum Gasteiger partial charge on any atom is 0.0725 e. The summed E-state index contributed by atoms with van der Waals surface area (Å²) in [6, 6.07) is 11.7. The van der Waals surface area contributed by atoms with E-state index in [0.29, 0.717) is 29.7 Å². The molecule has 20 heavy (non-hydrogen) atoms. The predicted molar refractivity (Wildman–Crippen MR) is 82.0 cm³/mol. The average Bonchev–Trinajstić information content (AvgIpc) is 2.90. The second-order valence-corrected chi connectivity index (χ2v) is 5.91. The van der Waals surface area contributed by atoms with Crippen molar-refractivity contribution in [3.05, 3.63) is 68.7 Å². The van der Waals surface area contributed by atoms with Crippen LogP contribution in [0.5, 0.6) is 0 Å². The van der Waals surface area contributed by atoms with Gasteiger partial charge in [0.05, 0.1) is 13.2 Å². The second-order valence-electron chi connectivity index (χ2n) is 5.07. The lowest BCUT2D eigenvalue weighted by Gasteiger charge is -2.14. The fourth-order valence-electron chi connectivity index (χ4n) is 2.48. The molecular formula is C16H15Cl2NO. The van der Waals surface area contributed by atoms with Gasteiger partial charge >= 0.3 is 0 Å². The first-order valence-corrected chi connectivity index (χ1v) is 7.28. The van der Waals surface area contributed by atoms with Gasteiger partial charge in [0.1, 0.15) is 0 Å². The topological polar surface area (TPSA) is 35.2 Å². The SMILES string of the molecule is NC(Cc1cc(Cl)ccc1Cl)c1ccc2c(c1)COC2. The van der Waals surface area contributed by atoms with Gasteiger partial charge in [-0.15, -0.1) is 0 Å². The van der Waals surface area contributed by atoms with Crippen LogP contribution in [0.2, 0.25) is 10.0 Å². The van der Waals surface area contributed by atoms with Crippen molar-refractivity contribution in [3.8, 4) is 0 Å². The number of hydrogen-bond acceptors (Lipinski definition) is 2. The number of ether oxygens (including phenoxy) is 1. The van der Waals surface area contributed by atoms with Crippen molar-refractivity contribution >= 4 is 23.2 Å². The summed E-state index contributed by atoms with van der Waals surface area (Å²) in [5.41, 5.74) is 10.9. The van der Waals surface area contributed by atoms with E-state index in [1.165, 1.54) is 11.1 Å². The quantitative estimate of drug-likeness (QED) is 0.919. The van der Waals surface area contributed by atoms with Crippen LogP contribution in [0.3, 0.4) is 0 Å². The van der Waals surface area contributed by atoms with Gasteiger partial charge < -0.3 is 10.5 Å². The van der Waals surface area contributed by atoms with E-state index < -0.39 is 0 Å². The molecule has 1 aliphatic rings. The smallest absolute Gasteiger partial charge is 0.0725 e. The zero-order valence-corrected chi connectivity index (χ0v) is 12.4. The molecule has 0 aromatic heterocycles. The lowest BCUT2D eigenvalue weighted by atomic mass is 9.96. The van der Waals surface area contributed by atoms with Gasteiger partial charge in [-0.1, -0.05) is 41.4 Å². The van der Waals surface area contributed by atoms with Gasteiger partial charge in [-0.3, -0.25) is 0 Å². The lowest BCUT2D eigenvalue weighted by Crippen LogP contribution is -2.14. The summed E-state index contributed by atoms with van der Waals surface area (Å²) in [5, 5.41) is 1.38. The summed E-state index contributed by atoms with van der Waals surface area (Å²) in [6.45, 7) is 1.37. The van der Waals surface area contributed by atoms with E-state index in [0.717, 1.165) is 11.1 Å². The monoisotopic (exact) mass is 307 g/mol. The average molecular weight is 308 g/mol. The van der Waals surface area contributed by atoms with Crippen molar-refractivity contribution in [1.29, 1.82) is 0 Å². The van der Waals surface area contributed by atoms with E-state index >= 15 is 0 Å². The van der Waals surface area contributed by atoms with Crippen molar-refractivity contribution in [2.24, 2.45) is 5.73 Å². The fourth-order valence-corrected chi connectivity index (χ4v) is 2.87. The van der Waals surface area contributed by atoms with E-state index in [1.807, 2.05) is 12.1 Å². The van der Waals surface area contributed by atoms with Gasteiger partial charge in [0.15, 0.2) is 0 Å². The van der Waals surface area contributed by atoms with Crippen molar-refractivity contribution in [2.45, 2.75) is 25.7 Å². The molecule has 0 bridgehead atoms. The lowest BCUT2D eigenvalue weighted by molar-refractivity contribution is 0.134. The Bertz CT molecular complexity index is 642. The van der Waals surface area contributed by atoms with Crippen LogP contribution in [0.15, 0.2) is 36.4 Å². The third-order valence-electron chi connectivity index (χ3n) is 3.62. The maximum atomic E-state index is 6.30. The van der Waals surface area contributed by atoms with Gasteiger partial charge in [0.25, 0.3) is 0 Å². The van der Waals surface area contributed by atoms with Crippen molar-refractivity contribution < 1.29 is 4.74 Å². The summed E-state index contributed by atoms with van der Waals surface area (Å²) in [5.74, 6) is 0. The minimum absolute atomic E-state index is 0.100. The van der Waals surface area contributed by atoms with Crippen molar-refractivity contribution in [1.82, 2.24) is 0 Å². The molecule has 2 aromatic carbocycles. The molecule has 2 N–H and O–H groups in total. The van der Waals surface area contributed by atoms with E-state index in [4.69, 9.17) is 33.7 Å². The molecule has 0 fully saturated rings. The number of nitrogens with two attached hydrogens (primary N) is 1. The molecule has 1 aliphatic heterocycles. The molecular weight excluding hydrogens is 293 g/mol. The molecule has 4 heteroatoms. The highest BCUT2D eigenvalue weighted by Gasteiger charge is 2.15. The highest BCUT2D eigenvalue weighted by atomic mass is 35.5. The van der Waals surface area contributed by atoms with Crippen LogP contribution in [0, 0.1) is 0 Å². The van der Waals surface area contributed by atoms with E-state index in [9.17, 15) is 0 Å². The Morgan fingerprint density at radius 2 is 1.85 bits per heavy atom. The minimum Gasteiger partial charge on any atom is -0.372 e. The summed E-state index contributed by atoms with van der Waals surface area (Å²) in [6.07, 6.45) is 0.666. The molecule has 0 saturated carbocycles. The third-order valence-corrected chi connectivity index (χ3v) is 4.23. The second kappa shape index (κ2) is 5.74. The molecule has 1 heterocycles. The molecule has 1 atom stereocenters. The van der Waals surface area contributed by atoms with Crippen LogP contribution in [0.25, 0.3) is 0 Å². The molecule has 0 spiro atoms. The van der Waals surface area contributed by atoms with E-state index in [-0.39, 0.29) is 6.04 Å². The van der Waals surface area contributed by atoms with Crippen LogP contribution in [-0.2, 0) is 24.4 Å². The zero-order chi connectivity index (χ0) is 14.1. The predicted octanol–water partition coefficient (Wildman–Crippen LogP) is 4.27. The number of hydrogen-bond donors (Lipinski definition) is 1. The molecule has 0 saturated heterocycles. The summed E-state index contributed by atoms with van der Waals surface area (Å²) < 4.78 is 5.42. The Labute approximate surface area is 128 Å². The highest BCUT2D eigenvalue weighted by Crippen LogP contribution is 2.27.